The number of fused-ring (bicyclic) bond motifs is 1. The number of hydrogen-bond acceptors (Lipinski definition) is 7. The number of benzene rings is 3. The Labute approximate surface area is 181 Å². The summed E-state index contributed by atoms with van der Waals surface area (Å²) in [4.78, 5) is 35.4. The van der Waals surface area contributed by atoms with Crippen molar-refractivity contribution in [3.05, 3.63) is 104 Å². The maximum absolute atomic E-state index is 12.8. The molecular formula is C23H18N2O7. The minimum atomic E-state index is -1.09. The van der Waals surface area contributed by atoms with Crippen LogP contribution in [-0.4, -0.2) is 27.5 Å². The van der Waals surface area contributed by atoms with Crippen molar-refractivity contribution in [2.45, 2.75) is 12.6 Å². The van der Waals surface area contributed by atoms with Crippen molar-refractivity contribution in [1.29, 1.82) is 0 Å². The predicted octanol–water partition coefficient (Wildman–Crippen LogP) is 3.48. The molecule has 1 N–H and O–H groups in total. The number of hydrogen-bond donors (Lipinski definition) is 1. The molecule has 9 nitrogen and oxygen atoms in total. The highest BCUT2D eigenvalue weighted by Crippen LogP contribution is 2.23. The molecule has 0 aliphatic carbocycles. The molecule has 4 aromatic rings. The Morgan fingerprint density at radius 2 is 1.75 bits per heavy atom. The van der Waals surface area contributed by atoms with Crippen molar-refractivity contribution in [2.24, 2.45) is 0 Å². The molecule has 0 aliphatic heterocycles. The second-order valence-corrected chi connectivity index (χ2v) is 7.08. The van der Waals surface area contributed by atoms with Crippen LogP contribution in [0, 0.1) is 10.1 Å². The lowest BCUT2D eigenvalue weighted by molar-refractivity contribution is -0.384. The minimum absolute atomic E-state index is 0.0964. The lowest BCUT2D eigenvalue weighted by Gasteiger charge is -2.11. The van der Waals surface area contributed by atoms with Crippen LogP contribution in [0.2, 0.25) is 0 Å². The van der Waals surface area contributed by atoms with Crippen LogP contribution in [0.4, 0.5) is 5.69 Å². The van der Waals surface area contributed by atoms with Gasteiger partial charge in [0.05, 0.1) is 30.2 Å². The summed E-state index contributed by atoms with van der Waals surface area (Å²) < 4.78 is 11.6. The van der Waals surface area contributed by atoms with Gasteiger partial charge in [-0.3, -0.25) is 19.5 Å². The molecule has 0 radical (unpaired) electrons. The lowest BCUT2D eigenvalue weighted by atomic mass is 10.0. The average Bonchev–Trinajstić information content (AvgIpc) is 3.12. The van der Waals surface area contributed by atoms with E-state index >= 15 is 0 Å². The van der Waals surface area contributed by atoms with Gasteiger partial charge in [0.15, 0.2) is 11.4 Å². The zero-order valence-electron chi connectivity index (χ0n) is 16.9. The number of aliphatic hydroxyl groups excluding tert-OH is 1. The van der Waals surface area contributed by atoms with Crippen molar-refractivity contribution in [3.8, 4) is 5.75 Å². The number of nitrogens with zero attached hydrogens (tertiary/aromatic N) is 2. The zero-order valence-corrected chi connectivity index (χ0v) is 16.9. The van der Waals surface area contributed by atoms with Gasteiger partial charge in [-0.2, -0.15) is 0 Å². The third kappa shape index (κ3) is 4.01. The fourth-order valence-corrected chi connectivity index (χ4v) is 3.39. The minimum Gasteiger partial charge on any atom is -0.497 e. The number of nitro groups is 1. The van der Waals surface area contributed by atoms with Gasteiger partial charge in [0.2, 0.25) is 0 Å². The van der Waals surface area contributed by atoms with Gasteiger partial charge in [-0.1, -0.05) is 0 Å². The number of non-ortho nitro benzene ring substituents is 1. The quantitative estimate of drug-likeness (QED) is 0.268. The highest BCUT2D eigenvalue weighted by Gasteiger charge is 2.18. The van der Waals surface area contributed by atoms with Gasteiger partial charge in [0.1, 0.15) is 5.75 Å². The van der Waals surface area contributed by atoms with E-state index in [1.165, 1.54) is 42.0 Å². The molecule has 0 fully saturated rings. The molecular weight excluding hydrogens is 416 g/mol. The summed E-state index contributed by atoms with van der Waals surface area (Å²) in [6, 6.07) is 16.7. The van der Waals surface area contributed by atoms with E-state index in [4.69, 9.17) is 9.15 Å². The van der Waals surface area contributed by atoms with Crippen LogP contribution in [0.15, 0.2) is 75.9 Å². The molecule has 0 saturated heterocycles. The van der Waals surface area contributed by atoms with Crippen LogP contribution >= 0.6 is 0 Å². The molecule has 32 heavy (non-hydrogen) atoms. The van der Waals surface area contributed by atoms with Crippen molar-refractivity contribution >= 4 is 22.6 Å². The Balaban J connectivity index is 1.59. The standard InChI is InChI=1S/C23H18N2O7/c1-31-18-9-4-15(5-10-18)22(27)16-6-11-19-21(12-16)32-23(28)24(19)13-20(26)14-2-7-17(8-3-14)25(29)30/h2-12,20,26H,13H2,1H3. The van der Waals surface area contributed by atoms with Gasteiger partial charge >= 0.3 is 5.76 Å². The molecule has 0 saturated carbocycles. The maximum atomic E-state index is 12.8. The van der Waals surface area contributed by atoms with Crippen LogP contribution in [0.5, 0.6) is 5.75 Å². The lowest BCUT2D eigenvalue weighted by Crippen LogP contribution is -2.19. The average molecular weight is 434 g/mol. The number of ether oxygens (including phenoxy) is 1. The summed E-state index contributed by atoms with van der Waals surface area (Å²) in [5.74, 6) is -0.294. The number of nitro benzene ring substituents is 1. The highest BCUT2D eigenvalue weighted by atomic mass is 16.6. The molecule has 0 bridgehead atoms. The molecule has 4 rings (SSSR count). The molecule has 1 atom stereocenters. The van der Waals surface area contributed by atoms with E-state index in [9.17, 15) is 24.8 Å². The zero-order chi connectivity index (χ0) is 22.8. The third-order valence-electron chi connectivity index (χ3n) is 5.13. The summed E-state index contributed by atoms with van der Waals surface area (Å²) in [6.45, 7) is -0.116. The van der Waals surface area contributed by atoms with Gasteiger partial charge in [-0.25, -0.2) is 4.79 Å². The molecule has 0 aliphatic rings. The monoisotopic (exact) mass is 434 g/mol. The third-order valence-corrected chi connectivity index (χ3v) is 5.13. The number of ketones is 1. The van der Waals surface area contributed by atoms with Crippen molar-refractivity contribution in [2.75, 3.05) is 7.11 Å². The second kappa shape index (κ2) is 8.48. The van der Waals surface area contributed by atoms with Crippen molar-refractivity contribution in [1.82, 2.24) is 4.57 Å². The Bertz CT molecular complexity index is 1350. The Morgan fingerprint density at radius 1 is 1.09 bits per heavy atom. The first-order valence-electron chi connectivity index (χ1n) is 9.62. The van der Waals surface area contributed by atoms with E-state index in [1.807, 2.05) is 0 Å². The number of carbonyl (C=O) groups is 1. The fourth-order valence-electron chi connectivity index (χ4n) is 3.39. The number of aliphatic hydroxyl groups is 1. The second-order valence-electron chi connectivity index (χ2n) is 7.08. The van der Waals surface area contributed by atoms with Crippen LogP contribution in [-0.2, 0) is 6.54 Å². The van der Waals surface area contributed by atoms with E-state index in [2.05, 4.69) is 0 Å². The van der Waals surface area contributed by atoms with Gasteiger partial charge < -0.3 is 14.3 Å². The van der Waals surface area contributed by atoms with Gasteiger partial charge in [0.25, 0.3) is 5.69 Å². The molecule has 1 aromatic heterocycles. The van der Waals surface area contributed by atoms with Crippen LogP contribution in [0.1, 0.15) is 27.6 Å². The number of aromatic nitrogens is 1. The first kappa shape index (κ1) is 21.0. The molecule has 3 aromatic carbocycles. The number of carbonyl (C=O) groups excluding carboxylic acids is 1. The van der Waals surface area contributed by atoms with E-state index in [0.29, 0.717) is 28.0 Å². The van der Waals surface area contributed by atoms with Crippen molar-refractivity contribution < 1.29 is 24.0 Å². The normalized spacial score (nSPS) is 11.9. The Morgan fingerprint density at radius 3 is 2.38 bits per heavy atom. The topological polar surface area (TPSA) is 125 Å². The van der Waals surface area contributed by atoms with Crippen LogP contribution in [0.25, 0.3) is 11.1 Å². The molecule has 0 spiro atoms. The van der Waals surface area contributed by atoms with Crippen LogP contribution < -0.4 is 10.5 Å². The maximum Gasteiger partial charge on any atom is 0.420 e. The Kier molecular flexibility index (Phi) is 5.57. The van der Waals surface area contributed by atoms with Gasteiger partial charge in [-0.15, -0.1) is 0 Å². The summed E-state index contributed by atoms with van der Waals surface area (Å²) in [7, 11) is 1.54. The number of rotatable bonds is 7. The first-order chi connectivity index (χ1) is 15.4. The predicted molar refractivity (Wildman–Crippen MR) is 115 cm³/mol. The van der Waals surface area contributed by atoms with Crippen LogP contribution in [0.3, 0.4) is 0 Å². The van der Waals surface area contributed by atoms with E-state index < -0.39 is 16.8 Å². The van der Waals surface area contributed by atoms with E-state index in [1.54, 1.807) is 36.4 Å². The summed E-state index contributed by atoms with van der Waals surface area (Å²) in [5, 5.41) is 21.3. The number of methoxy groups -OCH3 is 1. The van der Waals surface area contributed by atoms with Gasteiger partial charge in [0, 0.05) is 23.3 Å². The molecule has 0 amide bonds. The molecule has 162 valence electrons. The summed E-state index contributed by atoms with van der Waals surface area (Å²) in [6.07, 6.45) is -1.09. The molecule has 1 unspecified atom stereocenters. The summed E-state index contributed by atoms with van der Waals surface area (Å²) in [5.41, 5.74) is 1.76. The fraction of sp³-hybridized carbons (Fsp3) is 0.130. The molecule has 9 heteroatoms. The van der Waals surface area contributed by atoms with Gasteiger partial charge in [-0.05, 0) is 60.2 Å². The number of oxazole rings is 1. The Hall–Kier alpha value is -4.24. The largest absolute Gasteiger partial charge is 0.497 e. The first-order valence-corrected chi connectivity index (χ1v) is 9.62. The SMILES string of the molecule is COc1ccc(C(=O)c2ccc3c(c2)oc(=O)n3CC(O)c2ccc([N+](=O)[O-])cc2)cc1. The van der Waals surface area contributed by atoms with Crippen molar-refractivity contribution in [3.63, 3.8) is 0 Å². The smallest absolute Gasteiger partial charge is 0.420 e. The van der Waals surface area contributed by atoms with E-state index in [0.717, 1.165) is 0 Å². The summed E-state index contributed by atoms with van der Waals surface area (Å²) >= 11 is 0. The van der Waals surface area contributed by atoms with E-state index in [-0.39, 0.29) is 23.6 Å². The molecule has 1 heterocycles. The highest BCUT2D eigenvalue weighted by molar-refractivity contribution is 6.10.